The second-order valence-corrected chi connectivity index (χ2v) is 17.8. The van der Waals surface area contributed by atoms with Crippen molar-refractivity contribution in [3.63, 3.8) is 0 Å². The van der Waals surface area contributed by atoms with E-state index in [0.29, 0.717) is 0 Å². The molecule has 3 aromatic heterocycles. The third-order valence-electron chi connectivity index (χ3n) is 11.8. The molecule has 12 aromatic rings. The minimum Gasteiger partial charge on any atom is -0.309 e. The molecule has 12 rings (SSSR count). The highest BCUT2D eigenvalue weighted by Gasteiger charge is 2.30. The van der Waals surface area contributed by atoms with Crippen LogP contribution in [0.2, 0.25) is 0 Å². The van der Waals surface area contributed by atoms with Gasteiger partial charge in [0.1, 0.15) is 5.65 Å². The highest BCUT2D eigenvalue weighted by atomic mass is 31.2. The number of hydrogen-bond acceptors (Lipinski definition) is 3. The average Bonchev–Trinajstić information content (AvgIpc) is 3.85. The Morgan fingerprint density at radius 3 is 1.62 bits per heavy atom. The zero-order valence-electron chi connectivity index (χ0n) is 31.2. The van der Waals surface area contributed by atoms with Crippen molar-refractivity contribution in [2.45, 2.75) is 0 Å². The van der Waals surface area contributed by atoms with Crippen LogP contribution in [0.25, 0.3) is 88.0 Å². The average molecular weight is 761 g/mol. The van der Waals surface area contributed by atoms with E-state index in [1.807, 2.05) is 54.6 Å². The van der Waals surface area contributed by atoms with Gasteiger partial charge in [-0.2, -0.15) is 0 Å². The fraction of sp³-hybridized carbons (Fsp3) is 0. The van der Waals surface area contributed by atoms with Crippen molar-refractivity contribution in [3.05, 3.63) is 200 Å². The molecule has 272 valence electrons. The Morgan fingerprint density at radius 1 is 0.379 bits per heavy atom. The Bertz CT molecular complexity index is 3590. The van der Waals surface area contributed by atoms with Gasteiger partial charge in [0.25, 0.3) is 0 Å². The SMILES string of the molecule is O=P(c1ccc(-c2ccc3c4ccccc4n(-c4nc5ccccc5c5nc6ccccc6n45)c3c2)cc1)(c1ccc2ccccc2c1)c1ccc2ccccc2c1. The van der Waals surface area contributed by atoms with Crippen LogP contribution in [0.5, 0.6) is 0 Å². The molecule has 58 heavy (non-hydrogen) atoms. The molecule has 0 N–H and O–H groups in total. The van der Waals surface area contributed by atoms with Gasteiger partial charge in [-0.25, -0.2) is 9.97 Å². The summed E-state index contributed by atoms with van der Waals surface area (Å²) in [6.07, 6.45) is 0. The molecule has 0 bridgehead atoms. The minimum atomic E-state index is -3.28. The van der Waals surface area contributed by atoms with E-state index in [1.165, 1.54) is 0 Å². The summed E-state index contributed by atoms with van der Waals surface area (Å²) in [5.74, 6) is 0.785. The molecule has 0 unspecified atom stereocenters. The molecular formula is C52H33N4OP. The number of benzene rings is 9. The van der Waals surface area contributed by atoms with E-state index in [-0.39, 0.29) is 0 Å². The molecule has 3 heterocycles. The van der Waals surface area contributed by atoms with Gasteiger partial charge < -0.3 is 4.57 Å². The molecule has 6 heteroatoms. The Labute approximate surface area is 333 Å². The van der Waals surface area contributed by atoms with Crippen LogP contribution in [-0.2, 0) is 4.57 Å². The first-order valence-electron chi connectivity index (χ1n) is 19.5. The topological polar surface area (TPSA) is 52.2 Å². The van der Waals surface area contributed by atoms with Crippen LogP contribution in [0.15, 0.2) is 200 Å². The normalized spacial score (nSPS) is 12.2. The molecule has 0 aliphatic heterocycles. The van der Waals surface area contributed by atoms with Crippen molar-refractivity contribution in [2.24, 2.45) is 0 Å². The van der Waals surface area contributed by atoms with E-state index >= 15 is 4.57 Å². The second kappa shape index (κ2) is 12.6. The maximum Gasteiger partial charge on any atom is 0.221 e. The third-order valence-corrected chi connectivity index (χ3v) is 14.8. The van der Waals surface area contributed by atoms with Crippen LogP contribution in [0, 0.1) is 0 Å². The summed E-state index contributed by atoms with van der Waals surface area (Å²) in [5.41, 5.74) is 7.90. The lowest BCUT2D eigenvalue weighted by atomic mass is 10.0. The van der Waals surface area contributed by atoms with Gasteiger partial charge in [0, 0.05) is 32.1 Å². The van der Waals surface area contributed by atoms with Crippen LogP contribution in [-0.4, -0.2) is 18.9 Å². The third kappa shape index (κ3) is 4.87. The van der Waals surface area contributed by atoms with E-state index < -0.39 is 7.14 Å². The number of fused-ring (bicyclic) bond motifs is 10. The number of aromatic nitrogens is 4. The number of imidazole rings is 1. The first-order chi connectivity index (χ1) is 28.6. The summed E-state index contributed by atoms with van der Waals surface area (Å²) in [4.78, 5) is 10.5. The zero-order chi connectivity index (χ0) is 38.4. The van der Waals surface area contributed by atoms with Gasteiger partial charge >= 0.3 is 0 Å². The molecule has 0 saturated heterocycles. The quantitative estimate of drug-likeness (QED) is 0.164. The Hall–Kier alpha value is -7.33. The molecule has 0 radical (unpaired) electrons. The summed E-state index contributed by atoms with van der Waals surface area (Å²) in [6, 6.07) is 69.1. The van der Waals surface area contributed by atoms with E-state index in [1.54, 1.807) is 0 Å². The minimum absolute atomic E-state index is 0.785. The van der Waals surface area contributed by atoms with Crippen molar-refractivity contribution in [1.82, 2.24) is 18.9 Å². The Kier molecular flexibility index (Phi) is 7.14. The maximum atomic E-state index is 15.9. The molecule has 9 aromatic carbocycles. The van der Waals surface area contributed by atoms with E-state index in [2.05, 4.69) is 155 Å². The number of para-hydroxylation sites is 4. The van der Waals surface area contributed by atoms with Gasteiger partial charge in [-0.05, 0) is 81.2 Å². The summed E-state index contributed by atoms with van der Waals surface area (Å²) < 4.78 is 20.4. The summed E-state index contributed by atoms with van der Waals surface area (Å²) in [6.45, 7) is 0. The zero-order valence-corrected chi connectivity index (χ0v) is 32.1. The molecule has 0 aliphatic rings. The predicted octanol–water partition coefficient (Wildman–Crippen LogP) is 11.7. The lowest BCUT2D eigenvalue weighted by Crippen LogP contribution is -2.25. The van der Waals surface area contributed by atoms with Crippen molar-refractivity contribution in [2.75, 3.05) is 0 Å². The highest BCUT2D eigenvalue weighted by molar-refractivity contribution is 7.85. The molecule has 0 aliphatic carbocycles. The van der Waals surface area contributed by atoms with Gasteiger partial charge in [0.05, 0.1) is 27.6 Å². The smallest absolute Gasteiger partial charge is 0.221 e. The summed E-state index contributed by atoms with van der Waals surface area (Å²) in [5, 5.41) is 10.1. The largest absolute Gasteiger partial charge is 0.309 e. The van der Waals surface area contributed by atoms with Crippen LogP contribution in [0.1, 0.15) is 0 Å². The van der Waals surface area contributed by atoms with Gasteiger partial charge in [-0.15, -0.1) is 0 Å². The standard InChI is InChI=1S/C52H33N4OP/c57-58(41-28-23-34-11-1-3-13-37(34)31-41,42-29-24-35-12-2-4-14-38(35)32-42)40-26-21-36(22-27-40)39-25-30-44-43-15-6-9-19-48(43)55(50(44)33-39)52-54-46-17-7-5-16-45(46)51-53-47-18-8-10-20-49(47)56(51)52/h1-33H. The van der Waals surface area contributed by atoms with Gasteiger partial charge in [0.15, 0.2) is 7.14 Å². The van der Waals surface area contributed by atoms with Crippen LogP contribution < -0.4 is 15.9 Å². The van der Waals surface area contributed by atoms with Gasteiger partial charge in [-0.3, -0.25) is 8.97 Å². The van der Waals surface area contributed by atoms with Crippen LogP contribution in [0.3, 0.4) is 0 Å². The number of nitrogens with zero attached hydrogens (tertiary/aromatic N) is 4. The fourth-order valence-electron chi connectivity index (χ4n) is 8.90. The second-order valence-electron chi connectivity index (χ2n) is 15.0. The molecule has 0 fully saturated rings. The van der Waals surface area contributed by atoms with Crippen LogP contribution in [0.4, 0.5) is 0 Å². The van der Waals surface area contributed by atoms with Gasteiger partial charge in [-0.1, -0.05) is 152 Å². The summed E-state index contributed by atoms with van der Waals surface area (Å²) >= 11 is 0. The predicted molar refractivity (Wildman–Crippen MR) is 242 cm³/mol. The maximum absolute atomic E-state index is 15.9. The van der Waals surface area contributed by atoms with Gasteiger partial charge in [0.2, 0.25) is 5.95 Å². The number of rotatable bonds is 5. The first-order valence-corrected chi connectivity index (χ1v) is 21.2. The lowest BCUT2D eigenvalue weighted by Gasteiger charge is -2.21. The van der Waals surface area contributed by atoms with E-state index in [0.717, 1.165) is 104 Å². The highest BCUT2D eigenvalue weighted by Crippen LogP contribution is 2.44. The van der Waals surface area contributed by atoms with Crippen molar-refractivity contribution < 1.29 is 4.57 Å². The fourth-order valence-corrected chi connectivity index (χ4v) is 11.6. The molecular weight excluding hydrogens is 728 g/mol. The Balaban J connectivity index is 1.05. The monoisotopic (exact) mass is 760 g/mol. The van der Waals surface area contributed by atoms with E-state index in [9.17, 15) is 0 Å². The van der Waals surface area contributed by atoms with Crippen molar-refractivity contribution in [3.8, 4) is 17.1 Å². The lowest BCUT2D eigenvalue weighted by molar-refractivity contribution is 0.592. The summed E-state index contributed by atoms with van der Waals surface area (Å²) in [7, 11) is -3.28. The van der Waals surface area contributed by atoms with Crippen molar-refractivity contribution in [1.29, 1.82) is 0 Å². The first kappa shape index (κ1) is 32.9. The molecule has 0 saturated carbocycles. The van der Waals surface area contributed by atoms with E-state index in [4.69, 9.17) is 9.97 Å². The van der Waals surface area contributed by atoms with Crippen molar-refractivity contribution >= 4 is 94.0 Å². The molecule has 0 amide bonds. The Morgan fingerprint density at radius 2 is 0.914 bits per heavy atom. The molecule has 0 spiro atoms. The molecule has 0 atom stereocenters. The molecule has 5 nitrogen and oxygen atoms in total. The number of hydrogen-bond donors (Lipinski definition) is 0. The van der Waals surface area contributed by atoms with Crippen LogP contribution >= 0.6 is 7.14 Å².